The fourth-order valence-electron chi connectivity index (χ4n) is 4.66. The fourth-order valence-corrected chi connectivity index (χ4v) is 7.31. The number of rotatable bonds is 21. The van der Waals surface area contributed by atoms with Crippen molar-refractivity contribution in [3.05, 3.63) is 70.9 Å². The van der Waals surface area contributed by atoms with Gasteiger partial charge in [0, 0.05) is 10.8 Å². The maximum absolute atomic E-state index is 12.9. The van der Waals surface area contributed by atoms with E-state index >= 15 is 0 Å². The third-order valence-electron chi connectivity index (χ3n) is 7.05. The van der Waals surface area contributed by atoms with E-state index in [9.17, 15) is 16.8 Å². The first-order valence-electron chi connectivity index (χ1n) is 14.9. The van der Waals surface area contributed by atoms with Gasteiger partial charge in [0.2, 0.25) is 0 Å². The Kier molecular flexibility index (Phi) is 14.2. The van der Waals surface area contributed by atoms with Gasteiger partial charge in [-0.05, 0) is 42.7 Å². The minimum Gasteiger partial charge on any atom is -0.374 e. The topological polar surface area (TPSA) is 86.7 Å². The number of hydrogen-bond acceptors (Lipinski definition) is 7. The summed E-state index contributed by atoms with van der Waals surface area (Å²) in [6, 6.07) is 14.3. The van der Waals surface area contributed by atoms with Crippen molar-refractivity contribution in [3.63, 3.8) is 0 Å². The highest BCUT2D eigenvalue weighted by atomic mass is 32.2. The molecule has 0 spiro atoms. The van der Waals surface area contributed by atoms with Gasteiger partial charge in [0.05, 0.1) is 0 Å². The second-order valence-electron chi connectivity index (χ2n) is 10.5. The summed E-state index contributed by atoms with van der Waals surface area (Å²) in [4.78, 5) is -0.0281. The molecule has 0 saturated carbocycles. The molecule has 2 aromatic carbocycles. The van der Waals surface area contributed by atoms with Crippen molar-refractivity contribution >= 4 is 31.6 Å². The number of aryl methyl sites for hydroxylation is 1. The van der Waals surface area contributed by atoms with Crippen LogP contribution >= 0.6 is 11.3 Å². The monoisotopic (exact) mass is 620 g/mol. The largest absolute Gasteiger partial charge is 0.374 e. The zero-order valence-corrected chi connectivity index (χ0v) is 26.6. The van der Waals surface area contributed by atoms with Crippen LogP contribution in [0.15, 0.2) is 75.1 Å². The smallest absolute Gasteiger partial charge is 0.339 e. The zero-order chi connectivity index (χ0) is 29.4. The highest BCUT2D eigenvalue weighted by molar-refractivity contribution is 7.87. The summed E-state index contributed by atoms with van der Waals surface area (Å²) in [6.07, 6.45) is 19.3. The van der Waals surface area contributed by atoms with Crippen molar-refractivity contribution in [1.82, 2.24) is 0 Å². The Morgan fingerprint density at radius 1 is 0.537 bits per heavy atom. The minimum absolute atomic E-state index is 0.00489. The molecular weight excluding hydrogens is 577 g/mol. The average Bonchev–Trinajstić information content (AvgIpc) is 3.38. The van der Waals surface area contributed by atoms with Crippen molar-refractivity contribution in [3.8, 4) is 11.5 Å². The molecular formula is C32H44O6S3. The lowest BCUT2D eigenvalue weighted by molar-refractivity contribution is 0.451. The lowest BCUT2D eigenvalue weighted by Crippen LogP contribution is -2.12. The molecule has 3 aromatic rings. The van der Waals surface area contributed by atoms with Gasteiger partial charge in [-0.1, -0.05) is 121 Å². The molecule has 0 amide bonds. The third kappa shape index (κ3) is 11.8. The van der Waals surface area contributed by atoms with Crippen LogP contribution in [-0.2, 0) is 26.7 Å². The van der Waals surface area contributed by atoms with Gasteiger partial charge in [0.25, 0.3) is 0 Å². The Hall–Kier alpha value is -2.36. The van der Waals surface area contributed by atoms with Crippen LogP contribution in [0, 0.1) is 0 Å². The van der Waals surface area contributed by atoms with Crippen molar-refractivity contribution in [2.75, 3.05) is 0 Å². The molecule has 0 unspecified atom stereocenters. The van der Waals surface area contributed by atoms with Crippen LogP contribution in [0.25, 0.3) is 0 Å². The Morgan fingerprint density at radius 3 is 1.41 bits per heavy atom. The SMILES string of the molecule is CCCCCCCCCCCCCCCCc1ccc(S(=O)(=O)Oc2cscc2OS(=O)(=O)c2ccccc2)cc1. The summed E-state index contributed by atoms with van der Waals surface area (Å²) in [6.45, 7) is 2.26. The quantitative estimate of drug-likeness (QED) is 0.0871. The summed E-state index contributed by atoms with van der Waals surface area (Å²) in [5.41, 5.74) is 1.08. The Morgan fingerprint density at radius 2 is 0.951 bits per heavy atom. The van der Waals surface area contributed by atoms with E-state index in [4.69, 9.17) is 8.37 Å². The molecule has 0 bridgehead atoms. The second kappa shape index (κ2) is 17.6. The van der Waals surface area contributed by atoms with Crippen LogP contribution in [0.1, 0.15) is 102 Å². The molecule has 226 valence electrons. The first-order chi connectivity index (χ1) is 19.8. The van der Waals surface area contributed by atoms with E-state index in [-0.39, 0.29) is 21.3 Å². The molecule has 0 fully saturated rings. The third-order valence-corrected chi connectivity index (χ3v) is 10.3. The summed E-state index contributed by atoms with van der Waals surface area (Å²) in [5.74, 6) is -0.335. The second-order valence-corrected chi connectivity index (χ2v) is 14.3. The van der Waals surface area contributed by atoms with Gasteiger partial charge in [-0.3, -0.25) is 0 Å². The Labute approximate surface area is 251 Å². The lowest BCUT2D eigenvalue weighted by atomic mass is 10.0. The van der Waals surface area contributed by atoms with Crippen LogP contribution in [0.2, 0.25) is 0 Å². The van der Waals surface area contributed by atoms with Crippen molar-refractivity contribution in [2.45, 2.75) is 113 Å². The predicted molar refractivity (Wildman–Crippen MR) is 167 cm³/mol. The van der Waals surface area contributed by atoms with Crippen LogP contribution in [0.4, 0.5) is 0 Å². The summed E-state index contributed by atoms with van der Waals surface area (Å²) in [5, 5.41) is 2.79. The van der Waals surface area contributed by atoms with Gasteiger partial charge < -0.3 is 8.37 Å². The van der Waals surface area contributed by atoms with E-state index in [1.165, 1.54) is 118 Å². The van der Waals surface area contributed by atoms with Crippen molar-refractivity contribution in [1.29, 1.82) is 0 Å². The van der Waals surface area contributed by atoms with Crippen molar-refractivity contribution < 1.29 is 25.2 Å². The van der Waals surface area contributed by atoms with Gasteiger partial charge in [-0.15, -0.1) is 11.3 Å². The van der Waals surface area contributed by atoms with E-state index in [2.05, 4.69) is 6.92 Å². The normalized spacial score (nSPS) is 11.9. The maximum Gasteiger partial charge on any atom is 0.339 e. The molecule has 0 aliphatic carbocycles. The molecule has 1 aromatic heterocycles. The van der Waals surface area contributed by atoms with Crippen LogP contribution < -0.4 is 8.37 Å². The van der Waals surface area contributed by atoms with Gasteiger partial charge in [-0.25, -0.2) is 0 Å². The Bertz CT molecular complexity index is 1350. The Balaban J connectivity index is 1.35. The number of thiophene rings is 1. The standard InChI is InChI=1S/C32H44O6S3/c1-2-3-4-5-6-7-8-9-10-11-12-13-14-16-19-28-22-24-30(25-23-28)41(35,36)38-32-27-39-26-31(32)37-40(33,34)29-20-17-15-18-21-29/h15,17-18,20-27H,2-14,16,19H2,1H3. The minimum atomic E-state index is -4.16. The van der Waals surface area contributed by atoms with E-state index in [1.807, 2.05) is 12.1 Å². The first-order valence-corrected chi connectivity index (χ1v) is 18.7. The van der Waals surface area contributed by atoms with E-state index < -0.39 is 20.2 Å². The van der Waals surface area contributed by atoms with Crippen LogP contribution in [0.5, 0.6) is 11.5 Å². The number of hydrogen-bond donors (Lipinski definition) is 0. The average molecular weight is 621 g/mol. The molecule has 0 saturated heterocycles. The van der Waals surface area contributed by atoms with Crippen LogP contribution in [-0.4, -0.2) is 16.8 Å². The molecule has 0 N–H and O–H groups in total. The van der Waals surface area contributed by atoms with Gasteiger partial charge in [0.15, 0.2) is 11.5 Å². The molecule has 0 radical (unpaired) electrons. The lowest BCUT2D eigenvalue weighted by Gasteiger charge is -2.10. The highest BCUT2D eigenvalue weighted by Gasteiger charge is 2.24. The molecule has 0 aliphatic heterocycles. The molecule has 41 heavy (non-hydrogen) atoms. The summed E-state index contributed by atoms with van der Waals surface area (Å²) < 4.78 is 61.3. The van der Waals surface area contributed by atoms with Gasteiger partial charge in [-0.2, -0.15) is 16.8 Å². The van der Waals surface area contributed by atoms with Gasteiger partial charge >= 0.3 is 20.2 Å². The van der Waals surface area contributed by atoms with E-state index in [0.29, 0.717) is 0 Å². The molecule has 6 nitrogen and oxygen atoms in total. The van der Waals surface area contributed by atoms with E-state index in [0.717, 1.165) is 29.7 Å². The fraction of sp³-hybridized carbons (Fsp3) is 0.500. The zero-order valence-electron chi connectivity index (χ0n) is 24.1. The van der Waals surface area contributed by atoms with E-state index in [1.54, 1.807) is 18.2 Å². The maximum atomic E-state index is 12.9. The molecule has 1 heterocycles. The summed E-state index contributed by atoms with van der Waals surface area (Å²) in [7, 11) is -8.29. The molecule has 0 aliphatic rings. The molecule has 0 atom stereocenters. The number of unbranched alkanes of at least 4 members (excludes halogenated alkanes) is 13. The molecule has 3 rings (SSSR count). The summed E-state index contributed by atoms with van der Waals surface area (Å²) >= 11 is 1.08. The highest BCUT2D eigenvalue weighted by Crippen LogP contribution is 2.36. The predicted octanol–water partition coefficient (Wildman–Crippen LogP) is 9.31. The molecule has 9 heteroatoms. The van der Waals surface area contributed by atoms with Gasteiger partial charge in [0.1, 0.15) is 9.79 Å². The number of benzene rings is 2. The van der Waals surface area contributed by atoms with Crippen molar-refractivity contribution in [2.24, 2.45) is 0 Å². The van der Waals surface area contributed by atoms with Crippen LogP contribution in [0.3, 0.4) is 0 Å². The first kappa shape index (κ1) is 33.1.